The first-order valence-electron chi connectivity index (χ1n) is 13.0. The van der Waals surface area contributed by atoms with Gasteiger partial charge in [0.15, 0.2) is 0 Å². The van der Waals surface area contributed by atoms with Gasteiger partial charge in [-0.2, -0.15) is 13.2 Å². The number of rotatable bonds is 9. The summed E-state index contributed by atoms with van der Waals surface area (Å²) in [5.74, 6) is -0.803. The number of nitrogens with one attached hydrogen (secondary N) is 1. The average Bonchev–Trinajstić information content (AvgIpc) is 2.97. The molecule has 0 fully saturated rings. The fourth-order valence-corrected chi connectivity index (χ4v) is 5.59. The number of hydrogen-bond donors (Lipinski definition) is 3. The number of para-hydroxylation sites is 1. The molecule has 3 aromatic rings. The van der Waals surface area contributed by atoms with E-state index in [0.717, 1.165) is 27.8 Å². The lowest BCUT2D eigenvalue weighted by molar-refractivity contribution is -0.137. The zero-order valence-corrected chi connectivity index (χ0v) is 26.0. The van der Waals surface area contributed by atoms with Gasteiger partial charge in [0.1, 0.15) is 18.0 Å². The number of nitrogens with zero attached hydrogens (tertiary/aromatic N) is 1. The molecule has 3 atom stereocenters. The number of benzene rings is 3. The number of alkyl halides is 3. The van der Waals surface area contributed by atoms with Crippen molar-refractivity contribution in [2.75, 3.05) is 13.2 Å². The Bertz CT molecular complexity index is 1500. The Kier molecular flexibility index (Phi) is 11.0. The second-order valence-electron chi connectivity index (χ2n) is 9.69. The molecule has 7 nitrogen and oxygen atoms in total. The van der Waals surface area contributed by atoms with Gasteiger partial charge >= 0.3 is 6.18 Å². The summed E-state index contributed by atoms with van der Waals surface area (Å²) < 4.78 is 46.5. The molecule has 0 spiro atoms. The van der Waals surface area contributed by atoms with Crippen molar-refractivity contribution in [2.45, 2.75) is 37.4 Å². The minimum Gasteiger partial charge on any atom is -0.482 e. The largest absolute Gasteiger partial charge is 0.482 e. The standard InChI is InChI=1S/C30H26Cl2F3IN2O5/c31-21-10-7-18(22(32)15-21)16-38(29(42)17-5-8-20(9-6-17)30(33,34)35)24-13-19(28(41)37-11-12-39)14-26(27(24)40)43-25-4-2-1-3-23(25)36/h1-10,14-15,24,26-27,39-40H,11-13,16H2,(H,37,41). The van der Waals surface area contributed by atoms with Crippen molar-refractivity contribution in [3.05, 3.63) is 109 Å². The van der Waals surface area contributed by atoms with Gasteiger partial charge in [-0.25, -0.2) is 0 Å². The number of halogens is 6. The third kappa shape index (κ3) is 8.21. The first kappa shape index (κ1) is 33.1. The van der Waals surface area contributed by atoms with E-state index in [-0.39, 0.29) is 42.3 Å². The quantitative estimate of drug-likeness (QED) is 0.238. The lowest BCUT2D eigenvalue weighted by Gasteiger charge is -2.40. The number of aliphatic hydroxyl groups excluding tert-OH is 2. The van der Waals surface area contributed by atoms with Gasteiger partial charge in [-0.3, -0.25) is 9.59 Å². The van der Waals surface area contributed by atoms with Gasteiger partial charge in [-0.05, 0) is 82.8 Å². The Hall–Kier alpha value is -2.84. The van der Waals surface area contributed by atoms with E-state index in [1.807, 2.05) is 0 Å². The maximum Gasteiger partial charge on any atom is 0.416 e. The first-order chi connectivity index (χ1) is 20.4. The Morgan fingerprint density at radius 2 is 1.77 bits per heavy atom. The summed E-state index contributed by atoms with van der Waals surface area (Å²) in [5.41, 5.74) is -0.353. The van der Waals surface area contributed by atoms with E-state index in [2.05, 4.69) is 27.9 Å². The van der Waals surface area contributed by atoms with Gasteiger partial charge in [0, 0.05) is 40.7 Å². The highest BCUT2D eigenvalue weighted by atomic mass is 127. The highest BCUT2D eigenvalue weighted by Gasteiger charge is 2.41. The summed E-state index contributed by atoms with van der Waals surface area (Å²) in [5, 5.41) is 24.0. The monoisotopic (exact) mass is 748 g/mol. The molecule has 0 bridgehead atoms. The van der Waals surface area contributed by atoms with E-state index in [9.17, 15) is 33.0 Å². The number of carbonyl (C=O) groups excluding carboxylic acids is 2. The van der Waals surface area contributed by atoms with Gasteiger partial charge in [0.2, 0.25) is 5.91 Å². The predicted molar refractivity (Wildman–Crippen MR) is 164 cm³/mol. The van der Waals surface area contributed by atoms with Crippen LogP contribution in [0.5, 0.6) is 5.75 Å². The molecular formula is C30H26Cl2F3IN2O5. The number of ether oxygens (including phenoxy) is 1. The molecule has 0 heterocycles. The lowest BCUT2D eigenvalue weighted by Crippen LogP contribution is -2.54. The zero-order valence-electron chi connectivity index (χ0n) is 22.3. The number of carbonyl (C=O) groups is 2. The van der Waals surface area contributed by atoms with Crippen LogP contribution in [-0.4, -0.2) is 58.3 Å². The summed E-state index contributed by atoms with van der Waals surface area (Å²) in [4.78, 5) is 28.3. The molecule has 2 amide bonds. The molecule has 13 heteroatoms. The van der Waals surface area contributed by atoms with Crippen LogP contribution in [0.25, 0.3) is 0 Å². The minimum atomic E-state index is -4.60. The van der Waals surface area contributed by atoms with Gasteiger partial charge in [-0.15, -0.1) is 0 Å². The van der Waals surface area contributed by atoms with Crippen LogP contribution in [0, 0.1) is 3.57 Å². The molecule has 3 N–H and O–H groups in total. The van der Waals surface area contributed by atoms with Crippen molar-refractivity contribution >= 4 is 57.6 Å². The maximum atomic E-state index is 14.0. The second-order valence-corrected chi connectivity index (χ2v) is 11.7. The van der Waals surface area contributed by atoms with Gasteiger partial charge in [0.05, 0.1) is 21.8 Å². The van der Waals surface area contributed by atoms with E-state index in [1.54, 1.807) is 36.4 Å². The summed E-state index contributed by atoms with van der Waals surface area (Å²) in [6, 6.07) is 14.3. The Morgan fingerprint density at radius 1 is 1.07 bits per heavy atom. The third-order valence-corrected chi connectivity index (χ3v) is 8.27. The summed E-state index contributed by atoms with van der Waals surface area (Å²) >= 11 is 14.5. The van der Waals surface area contributed by atoms with E-state index < -0.39 is 41.8 Å². The van der Waals surface area contributed by atoms with Gasteiger partial charge < -0.3 is 25.2 Å². The number of hydrogen-bond acceptors (Lipinski definition) is 5. The zero-order chi connectivity index (χ0) is 31.3. The molecule has 0 aliphatic heterocycles. The molecule has 43 heavy (non-hydrogen) atoms. The lowest BCUT2D eigenvalue weighted by atomic mass is 9.87. The van der Waals surface area contributed by atoms with E-state index in [4.69, 9.17) is 27.9 Å². The van der Waals surface area contributed by atoms with Crippen LogP contribution in [-0.2, 0) is 17.5 Å². The highest BCUT2D eigenvalue weighted by Crippen LogP contribution is 2.33. The fourth-order valence-electron chi connectivity index (χ4n) is 4.61. The smallest absolute Gasteiger partial charge is 0.416 e. The molecule has 1 aliphatic carbocycles. The molecule has 3 unspecified atom stereocenters. The van der Waals surface area contributed by atoms with Crippen LogP contribution in [0.4, 0.5) is 13.2 Å². The fraction of sp³-hybridized carbons (Fsp3) is 0.267. The molecule has 228 valence electrons. The molecule has 0 saturated heterocycles. The van der Waals surface area contributed by atoms with Crippen LogP contribution in [0.15, 0.2) is 78.4 Å². The molecular weight excluding hydrogens is 723 g/mol. The SMILES string of the molecule is O=C(NCCO)C1=CC(Oc2ccccc2I)C(O)C(N(Cc2ccc(Cl)cc2Cl)C(=O)c2ccc(C(F)(F)F)cc2)C1. The Balaban J connectivity index is 1.77. The predicted octanol–water partition coefficient (Wildman–Crippen LogP) is 5.87. The van der Waals surface area contributed by atoms with E-state index in [0.29, 0.717) is 16.3 Å². The summed E-state index contributed by atoms with van der Waals surface area (Å²) in [7, 11) is 0. The van der Waals surface area contributed by atoms with Crippen molar-refractivity contribution in [1.82, 2.24) is 10.2 Å². The number of aliphatic hydroxyl groups is 2. The number of amides is 2. The molecule has 3 aromatic carbocycles. The van der Waals surface area contributed by atoms with Crippen molar-refractivity contribution < 1.29 is 37.7 Å². The van der Waals surface area contributed by atoms with E-state index >= 15 is 0 Å². The molecule has 4 rings (SSSR count). The average molecular weight is 749 g/mol. The minimum absolute atomic E-state index is 0.0277. The van der Waals surface area contributed by atoms with Crippen molar-refractivity contribution in [1.29, 1.82) is 0 Å². The van der Waals surface area contributed by atoms with Crippen LogP contribution in [0.2, 0.25) is 10.0 Å². The van der Waals surface area contributed by atoms with Crippen molar-refractivity contribution in [3.63, 3.8) is 0 Å². The first-order valence-corrected chi connectivity index (χ1v) is 14.8. The summed E-state index contributed by atoms with van der Waals surface area (Å²) in [6.45, 7) is -0.500. The molecule has 1 aliphatic rings. The highest BCUT2D eigenvalue weighted by molar-refractivity contribution is 14.1. The molecule has 0 radical (unpaired) electrons. The second kappa shape index (κ2) is 14.3. The van der Waals surface area contributed by atoms with Crippen LogP contribution in [0.1, 0.15) is 27.9 Å². The Morgan fingerprint density at radius 3 is 2.40 bits per heavy atom. The van der Waals surface area contributed by atoms with Crippen LogP contribution >= 0.6 is 45.8 Å². The van der Waals surface area contributed by atoms with Gasteiger partial charge in [0.25, 0.3) is 5.91 Å². The summed E-state index contributed by atoms with van der Waals surface area (Å²) in [6.07, 6.45) is -5.71. The topological polar surface area (TPSA) is 99.1 Å². The van der Waals surface area contributed by atoms with E-state index in [1.165, 1.54) is 17.0 Å². The normalized spacial score (nSPS) is 18.5. The molecule has 0 aromatic heterocycles. The third-order valence-electron chi connectivity index (χ3n) is 6.79. The van der Waals surface area contributed by atoms with Crippen molar-refractivity contribution in [3.8, 4) is 5.75 Å². The maximum absolute atomic E-state index is 14.0. The van der Waals surface area contributed by atoms with Crippen LogP contribution in [0.3, 0.4) is 0 Å². The molecule has 0 saturated carbocycles. The van der Waals surface area contributed by atoms with Gasteiger partial charge in [-0.1, -0.05) is 41.4 Å². The van der Waals surface area contributed by atoms with Crippen molar-refractivity contribution in [2.24, 2.45) is 0 Å². The Labute approximate surface area is 269 Å². The van der Waals surface area contributed by atoms with Crippen LogP contribution < -0.4 is 10.1 Å².